The van der Waals surface area contributed by atoms with Crippen LogP contribution in [0.5, 0.6) is 17.2 Å². The van der Waals surface area contributed by atoms with Gasteiger partial charge >= 0.3 is 0 Å². The minimum atomic E-state index is -0.369. The minimum Gasteiger partial charge on any atom is -0.493 e. The van der Waals surface area contributed by atoms with Gasteiger partial charge < -0.3 is 24.1 Å². The quantitative estimate of drug-likeness (QED) is 0.632. The van der Waals surface area contributed by atoms with E-state index in [4.69, 9.17) is 26.4 Å². The van der Waals surface area contributed by atoms with Crippen LogP contribution < -0.4 is 14.2 Å². The number of hydrogen-bond acceptors (Lipinski definition) is 5. The van der Waals surface area contributed by atoms with Crippen molar-refractivity contribution in [1.29, 1.82) is 0 Å². The molecule has 0 saturated carbocycles. The molecule has 0 aliphatic carbocycles. The van der Waals surface area contributed by atoms with E-state index in [1.165, 1.54) is 0 Å². The van der Waals surface area contributed by atoms with Gasteiger partial charge in [-0.3, -0.25) is 9.69 Å². The number of likely N-dealkylation sites (N-methyl/N-ethyl adjacent to an activating group) is 1. The van der Waals surface area contributed by atoms with Crippen molar-refractivity contribution in [3.8, 4) is 17.2 Å². The van der Waals surface area contributed by atoms with Crippen molar-refractivity contribution in [2.24, 2.45) is 0 Å². The van der Waals surface area contributed by atoms with E-state index in [9.17, 15) is 4.79 Å². The molecule has 1 N–H and O–H groups in total. The van der Waals surface area contributed by atoms with Crippen LogP contribution in [0.2, 0.25) is 0 Å². The van der Waals surface area contributed by atoms with E-state index in [1.54, 1.807) is 33.3 Å². The second-order valence-corrected chi connectivity index (χ2v) is 8.06. The SMILES string of the molecule is COc1ccc(C2c3[nH]c4ccccc4c3CC3C(=O)N(C)C(=S)N32)c(OC)c1OC. The number of amides is 1. The summed E-state index contributed by atoms with van der Waals surface area (Å²) in [7, 11) is 6.51. The van der Waals surface area contributed by atoms with Gasteiger partial charge in [-0.25, -0.2) is 0 Å². The molecule has 1 amide bonds. The molecule has 31 heavy (non-hydrogen) atoms. The van der Waals surface area contributed by atoms with Crippen LogP contribution in [0.3, 0.4) is 0 Å². The van der Waals surface area contributed by atoms with Crippen LogP contribution in [0.4, 0.5) is 0 Å². The molecule has 0 bridgehead atoms. The summed E-state index contributed by atoms with van der Waals surface area (Å²) in [5, 5.41) is 1.62. The predicted octanol–water partition coefficient (Wildman–Crippen LogP) is 3.27. The number of aromatic amines is 1. The third kappa shape index (κ3) is 2.64. The highest BCUT2D eigenvalue weighted by Crippen LogP contribution is 2.50. The van der Waals surface area contributed by atoms with Crippen LogP contribution in [0.15, 0.2) is 36.4 Å². The summed E-state index contributed by atoms with van der Waals surface area (Å²) >= 11 is 5.71. The van der Waals surface area contributed by atoms with Crippen molar-refractivity contribution in [1.82, 2.24) is 14.8 Å². The van der Waals surface area contributed by atoms with Gasteiger partial charge in [0, 0.05) is 35.6 Å². The summed E-state index contributed by atoms with van der Waals surface area (Å²) in [5.41, 5.74) is 4.02. The Balaban J connectivity index is 1.81. The Kier molecular flexibility index (Phi) is 4.55. The first-order chi connectivity index (χ1) is 15.0. The van der Waals surface area contributed by atoms with E-state index in [2.05, 4.69) is 11.1 Å². The van der Waals surface area contributed by atoms with Crippen LogP contribution in [0.25, 0.3) is 10.9 Å². The molecule has 0 radical (unpaired) electrons. The highest BCUT2D eigenvalue weighted by atomic mass is 32.1. The molecule has 0 spiro atoms. The summed E-state index contributed by atoms with van der Waals surface area (Å²) in [6.07, 6.45) is 0.592. The average molecular weight is 438 g/mol. The van der Waals surface area contributed by atoms with E-state index in [-0.39, 0.29) is 18.0 Å². The molecule has 2 unspecified atom stereocenters. The molecule has 2 atom stereocenters. The lowest BCUT2D eigenvalue weighted by molar-refractivity contribution is -0.127. The number of H-pyrrole nitrogens is 1. The number of nitrogens with one attached hydrogen (secondary N) is 1. The Morgan fingerprint density at radius 2 is 1.77 bits per heavy atom. The Morgan fingerprint density at radius 1 is 1.03 bits per heavy atom. The number of rotatable bonds is 4. The van der Waals surface area contributed by atoms with Crippen LogP contribution in [0.1, 0.15) is 22.9 Å². The molecule has 1 fully saturated rings. The van der Waals surface area contributed by atoms with Crippen LogP contribution in [-0.4, -0.2) is 60.2 Å². The molecule has 160 valence electrons. The maximum Gasteiger partial charge on any atom is 0.251 e. The Labute approximate surface area is 185 Å². The Morgan fingerprint density at radius 3 is 2.48 bits per heavy atom. The molecule has 2 aromatic carbocycles. The maximum atomic E-state index is 13.1. The number of ether oxygens (including phenoxy) is 3. The fraction of sp³-hybridized carbons (Fsp3) is 0.304. The summed E-state index contributed by atoms with van der Waals surface area (Å²) in [6.45, 7) is 0. The standard InChI is InChI=1S/C23H23N3O4S/c1-25-22(27)16-11-14-12-7-5-6-8-15(12)24-18(14)19(26(16)23(25)31)13-9-10-17(28-2)21(30-4)20(13)29-3/h5-10,16,19,24H,11H2,1-4H3. The molecule has 2 aliphatic rings. The van der Waals surface area contributed by atoms with Crippen molar-refractivity contribution in [2.75, 3.05) is 28.4 Å². The predicted molar refractivity (Wildman–Crippen MR) is 121 cm³/mol. The van der Waals surface area contributed by atoms with Gasteiger partial charge in [-0.15, -0.1) is 0 Å². The lowest BCUT2D eigenvalue weighted by Crippen LogP contribution is -2.44. The van der Waals surface area contributed by atoms with Crippen molar-refractivity contribution < 1.29 is 19.0 Å². The fourth-order valence-corrected chi connectivity index (χ4v) is 5.19. The zero-order chi connectivity index (χ0) is 21.9. The molecule has 2 aliphatic heterocycles. The smallest absolute Gasteiger partial charge is 0.251 e. The molecule has 7 nitrogen and oxygen atoms in total. The number of fused-ring (bicyclic) bond motifs is 4. The van der Waals surface area contributed by atoms with Crippen LogP contribution in [0, 0.1) is 0 Å². The lowest BCUT2D eigenvalue weighted by atomic mass is 9.88. The molecular weight excluding hydrogens is 414 g/mol. The van der Waals surface area contributed by atoms with E-state index in [0.29, 0.717) is 28.8 Å². The topological polar surface area (TPSA) is 67.0 Å². The van der Waals surface area contributed by atoms with E-state index >= 15 is 0 Å². The number of nitrogens with zero attached hydrogens (tertiary/aromatic N) is 2. The Hall–Kier alpha value is -3.26. The van der Waals surface area contributed by atoms with Crippen LogP contribution in [-0.2, 0) is 11.2 Å². The van der Waals surface area contributed by atoms with Gasteiger partial charge in [-0.05, 0) is 36.0 Å². The minimum absolute atomic E-state index is 0.00498. The fourth-order valence-electron chi connectivity index (χ4n) is 4.87. The number of benzene rings is 2. The van der Waals surface area contributed by atoms with Gasteiger partial charge in [0.15, 0.2) is 16.6 Å². The molecule has 8 heteroatoms. The van der Waals surface area contributed by atoms with Gasteiger partial charge in [0.2, 0.25) is 5.75 Å². The van der Waals surface area contributed by atoms with Gasteiger partial charge in [0.25, 0.3) is 5.91 Å². The summed E-state index contributed by atoms with van der Waals surface area (Å²) < 4.78 is 16.9. The van der Waals surface area contributed by atoms with Crippen molar-refractivity contribution in [2.45, 2.75) is 18.5 Å². The molecule has 3 heterocycles. The van der Waals surface area contributed by atoms with E-state index in [1.807, 2.05) is 35.2 Å². The summed E-state index contributed by atoms with van der Waals surface area (Å²) in [6, 6.07) is 11.3. The molecule has 1 saturated heterocycles. The molecule has 3 aromatic rings. The van der Waals surface area contributed by atoms with E-state index in [0.717, 1.165) is 27.7 Å². The van der Waals surface area contributed by atoms with Crippen molar-refractivity contribution >= 4 is 34.1 Å². The first-order valence-electron chi connectivity index (χ1n) is 10.00. The first kappa shape index (κ1) is 19.7. The number of para-hydroxylation sites is 1. The van der Waals surface area contributed by atoms with Crippen molar-refractivity contribution in [3.05, 3.63) is 53.2 Å². The zero-order valence-electron chi connectivity index (χ0n) is 17.8. The highest BCUT2D eigenvalue weighted by Gasteiger charge is 2.50. The molecule has 1 aromatic heterocycles. The van der Waals surface area contributed by atoms with Crippen LogP contribution >= 0.6 is 12.2 Å². The lowest BCUT2D eigenvalue weighted by Gasteiger charge is -2.38. The number of methoxy groups -OCH3 is 3. The molecular formula is C23H23N3O4S. The highest BCUT2D eigenvalue weighted by molar-refractivity contribution is 7.80. The van der Waals surface area contributed by atoms with Gasteiger partial charge in [0.05, 0.1) is 21.3 Å². The summed E-state index contributed by atoms with van der Waals surface area (Å²) in [5.74, 6) is 1.64. The zero-order valence-corrected chi connectivity index (χ0v) is 18.6. The Bertz CT molecular complexity index is 1220. The number of thiocarbonyl (C=S) groups is 1. The van der Waals surface area contributed by atoms with Gasteiger partial charge in [-0.2, -0.15) is 0 Å². The van der Waals surface area contributed by atoms with Gasteiger partial charge in [-0.1, -0.05) is 18.2 Å². The first-order valence-corrected chi connectivity index (χ1v) is 10.4. The normalized spacial score (nSPS) is 20.1. The molecule has 5 rings (SSSR count). The van der Waals surface area contributed by atoms with E-state index < -0.39 is 0 Å². The number of carbonyl (C=O) groups excluding carboxylic acids is 1. The average Bonchev–Trinajstić information content (AvgIpc) is 3.27. The monoisotopic (exact) mass is 437 g/mol. The van der Waals surface area contributed by atoms with Gasteiger partial charge in [0.1, 0.15) is 12.1 Å². The second-order valence-electron chi connectivity index (χ2n) is 7.70. The maximum absolute atomic E-state index is 13.1. The largest absolute Gasteiger partial charge is 0.493 e. The number of aromatic nitrogens is 1. The third-order valence-electron chi connectivity index (χ3n) is 6.28. The van der Waals surface area contributed by atoms with Crippen molar-refractivity contribution in [3.63, 3.8) is 0 Å². The summed E-state index contributed by atoms with van der Waals surface area (Å²) in [4.78, 5) is 20.2. The number of hydrogen-bond donors (Lipinski definition) is 1. The second kappa shape index (κ2) is 7.16. The third-order valence-corrected chi connectivity index (χ3v) is 6.77. The number of carbonyl (C=O) groups is 1.